The van der Waals surface area contributed by atoms with E-state index in [2.05, 4.69) is 18.5 Å². The topological polar surface area (TPSA) is 41.5 Å². The Morgan fingerprint density at radius 3 is 2.65 bits per heavy atom. The predicted molar refractivity (Wildman–Crippen MR) is 86.3 cm³/mol. The summed E-state index contributed by atoms with van der Waals surface area (Å²) in [4.78, 5) is 0. The van der Waals surface area contributed by atoms with Crippen LogP contribution in [0.1, 0.15) is 51.9 Å². The summed E-state index contributed by atoms with van der Waals surface area (Å²) in [5.41, 5.74) is 0. The largest absolute Gasteiger partial charge is 0.389 e. The Morgan fingerprint density at radius 1 is 1.20 bits per heavy atom. The molecule has 2 fully saturated rings. The van der Waals surface area contributed by atoms with Gasteiger partial charge in [-0.2, -0.15) is 11.8 Å². The molecule has 3 atom stereocenters. The molecule has 0 aliphatic heterocycles. The summed E-state index contributed by atoms with van der Waals surface area (Å²) < 4.78 is 5.87. The van der Waals surface area contributed by atoms with Crippen LogP contribution in [0.2, 0.25) is 0 Å². The number of aliphatic hydroxyl groups excluding tert-OH is 1. The third-order valence-electron chi connectivity index (χ3n) is 4.86. The Labute approximate surface area is 128 Å². The molecule has 0 saturated heterocycles. The number of rotatable bonds is 7. The van der Waals surface area contributed by atoms with Crippen molar-refractivity contribution in [3.8, 4) is 0 Å². The fraction of sp³-hybridized carbons (Fsp3) is 1.00. The van der Waals surface area contributed by atoms with Crippen molar-refractivity contribution in [2.75, 3.05) is 19.4 Å². The van der Waals surface area contributed by atoms with Crippen LogP contribution in [0.25, 0.3) is 0 Å². The molecule has 0 bridgehead atoms. The standard InChI is InChI=1S/C16H31NO2S/c1-12-6-8-14(9-7-12)19-11-13(18)10-17-15-4-3-5-16(15)20-2/h12-18H,3-11H2,1-2H3. The van der Waals surface area contributed by atoms with Gasteiger partial charge >= 0.3 is 0 Å². The molecule has 2 aliphatic carbocycles. The first kappa shape index (κ1) is 16.6. The molecule has 0 heterocycles. The van der Waals surface area contributed by atoms with Gasteiger partial charge in [0.2, 0.25) is 0 Å². The average molecular weight is 301 g/mol. The molecule has 0 aromatic carbocycles. The van der Waals surface area contributed by atoms with Gasteiger partial charge in [0, 0.05) is 17.8 Å². The zero-order valence-corrected chi connectivity index (χ0v) is 13.8. The third kappa shape index (κ3) is 5.21. The summed E-state index contributed by atoms with van der Waals surface area (Å²) in [6, 6.07) is 0.579. The Morgan fingerprint density at radius 2 is 1.95 bits per heavy atom. The Bertz CT molecular complexity index is 269. The quantitative estimate of drug-likeness (QED) is 0.759. The van der Waals surface area contributed by atoms with E-state index in [4.69, 9.17) is 4.74 Å². The van der Waals surface area contributed by atoms with Gasteiger partial charge in [-0.15, -0.1) is 0 Å². The second-order valence-electron chi connectivity index (χ2n) is 6.59. The van der Waals surface area contributed by atoms with Crippen molar-refractivity contribution in [3.63, 3.8) is 0 Å². The number of thioether (sulfide) groups is 1. The normalized spacial score (nSPS) is 36.1. The summed E-state index contributed by atoms with van der Waals surface area (Å²) in [6.45, 7) is 3.48. The van der Waals surface area contributed by atoms with E-state index in [1.54, 1.807) is 0 Å². The van der Waals surface area contributed by atoms with Crippen molar-refractivity contribution < 1.29 is 9.84 Å². The van der Waals surface area contributed by atoms with Gasteiger partial charge in [-0.05, 0) is 50.7 Å². The van der Waals surface area contributed by atoms with Crippen LogP contribution in [0, 0.1) is 5.92 Å². The average Bonchev–Trinajstić information content (AvgIpc) is 2.92. The maximum absolute atomic E-state index is 10.1. The minimum absolute atomic E-state index is 0.363. The highest BCUT2D eigenvalue weighted by Crippen LogP contribution is 2.28. The summed E-state index contributed by atoms with van der Waals surface area (Å²) >= 11 is 1.95. The van der Waals surface area contributed by atoms with Crippen molar-refractivity contribution in [2.45, 2.75) is 75.4 Å². The van der Waals surface area contributed by atoms with Crippen molar-refractivity contribution >= 4 is 11.8 Å². The van der Waals surface area contributed by atoms with E-state index in [0.29, 0.717) is 25.3 Å². The molecule has 20 heavy (non-hydrogen) atoms. The number of aliphatic hydroxyl groups is 1. The number of hydrogen-bond donors (Lipinski definition) is 2. The molecule has 0 aromatic heterocycles. The van der Waals surface area contributed by atoms with Crippen LogP contribution in [0.4, 0.5) is 0 Å². The van der Waals surface area contributed by atoms with Crippen LogP contribution in [0.3, 0.4) is 0 Å². The minimum Gasteiger partial charge on any atom is -0.389 e. The maximum atomic E-state index is 10.1. The van der Waals surface area contributed by atoms with E-state index in [1.807, 2.05) is 11.8 Å². The Balaban J connectivity index is 1.57. The minimum atomic E-state index is -0.363. The SMILES string of the molecule is CSC1CCCC1NCC(O)COC1CCC(C)CC1. The monoisotopic (exact) mass is 301 g/mol. The molecule has 2 saturated carbocycles. The summed E-state index contributed by atoms with van der Waals surface area (Å²) in [5, 5.41) is 14.3. The lowest BCUT2D eigenvalue weighted by atomic mass is 9.89. The van der Waals surface area contributed by atoms with Crippen LogP contribution in [-0.4, -0.2) is 48.0 Å². The van der Waals surface area contributed by atoms with Crippen molar-refractivity contribution in [2.24, 2.45) is 5.92 Å². The molecule has 2 aliphatic rings. The van der Waals surface area contributed by atoms with E-state index in [1.165, 1.54) is 44.9 Å². The van der Waals surface area contributed by atoms with Crippen molar-refractivity contribution in [3.05, 3.63) is 0 Å². The molecular formula is C16H31NO2S. The smallest absolute Gasteiger partial charge is 0.0897 e. The molecule has 118 valence electrons. The van der Waals surface area contributed by atoms with Crippen LogP contribution in [0.5, 0.6) is 0 Å². The van der Waals surface area contributed by atoms with E-state index >= 15 is 0 Å². The fourth-order valence-corrected chi connectivity index (χ4v) is 4.39. The van der Waals surface area contributed by atoms with Crippen LogP contribution in [0.15, 0.2) is 0 Å². The lowest BCUT2D eigenvalue weighted by Gasteiger charge is -2.27. The first-order valence-electron chi connectivity index (χ1n) is 8.25. The molecule has 0 spiro atoms. The molecular weight excluding hydrogens is 270 g/mol. The van der Waals surface area contributed by atoms with Crippen LogP contribution in [-0.2, 0) is 4.74 Å². The Hall–Kier alpha value is 0.230. The highest BCUT2D eigenvalue weighted by Gasteiger charge is 2.26. The fourth-order valence-electron chi connectivity index (χ4n) is 3.43. The maximum Gasteiger partial charge on any atom is 0.0897 e. The molecule has 0 radical (unpaired) electrons. The van der Waals surface area contributed by atoms with Crippen molar-refractivity contribution in [1.82, 2.24) is 5.32 Å². The second kappa shape index (κ2) is 8.62. The van der Waals surface area contributed by atoms with Gasteiger partial charge < -0.3 is 15.2 Å². The second-order valence-corrected chi connectivity index (χ2v) is 7.67. The van der Waals surface area contributed by atoms with Gasteiger partial charge in [-0.25, -0.2) is 0 Å². The lowest BCUT2D eigenvalue weighted by molar-refractivity contribution is -0.0283. The zero-order chi connectivity index (χ0) is 14.4. The van der Waals surface area contributed by atoms with E-state index in [9.17, 15) is 5.11 Å². The van der Waals surface area contributed by atoms with Crippen molar-refractivity contribution in [1.29, 1.82) is 0 Å². The van der Waals surface area contributed by atoms with Gasteiger partial charge in [-0.1, -0.05) is 13.3 Å². The third-order valence-corrected chi connectivity index (χ3v) is 6.03. The summed E-state index contributed by atoms with van der Waals surface area (Å²) in [6.07, 6.45) is 11.0. The zero-order valence-electron chi connectivity index (χ0n) is 13.0. The van der Waals surface area contributed by atoms with Gasteiger partial charge in [-0.3, -0.25) is 0 Å². The first-order valence-corrected chi connectivity index (χ1v) is 9.53. The van der Waals surface area contributed by atoms with E-state index in [-0.39, 0.29) is 6.10 Å². The molecule has 2 N–H and O–H groups in total. The first-order chi connectivity index (χ1) is 9.69. The molecule has 2 rings (SSSR count). The van der Waals surface area contributed by atoms with Crippen LogP contribution < -0.4 is 5.32 Å². The highest BCUT2D eigenvalue weighted by molar-refractivity contribution is 7.99. The summed E-state index contributed by atoms with van der Waals surface area (Å²) in [7, 11) is 0. The molecule has 4 heteroatoms. The number of hydrogen-bond acceptors (Lipinski definition) is 4. The van der Waals surface area contributed by atoms with Gasteiger partial charge in [0.25, 0.3) is 0 Å². The highest BCUT2D eigenvalue weighted by atomic mass is 32.2. The van der Waals surface area contributed by atoms with Gasteiger partial charge in [0.1, 0.15) is 0 Å². The lowest BCUT2D eigenvalue weighted by Crippen LogP contribution is -2.41. The van der Waals surface area contributed by atoms with Crippen LogP contribution >= 0.6 is 11.8 Å². The number of ether oxygens (including phenoxy) is 1. The molecule has 3 nitrogen and oxygen atoms in total. The molecule has 0 amide bonds. The molecule has 3 unspecified atom stereocenters. The van der Waals surface area contributed by atoms with E-state index < -0.39 is 0 Å². The number of nitrogens with one attached hydrogen (secondary N) is 1. The Kier molecular flexibility index (Phi) is 7.15. The molecule has 0 aromatic rings. The van der Waals surface area contributed by atoms with Gasteiger partial charge in [0.05, 0.1) is 18.8 Å². The predicted octanol–water partition coefficient (Wildman–Crippen LogP) is 2.82. The van der Waals surface area contributed by atoms with Gasteiger partial charge in [0.15, 0.2) is 0 Å². The summed E-state index contributed by atoms with van der Waals surface area (Å²) in [5.74, 6) is 0.854. The van der Waals surface area contributed by atoms with E-state index in [0.717, 1.165) is 11.2 Å².